The van der Waals surface area contributed by atoms with E-state index in [4.69, 9.17) is 4.42 Å². The molecule has 1 saturated heterocycles. The quantitative estimate of drug-likeness (QED) is 0.839. The van der Waals surface area contributed by atoms with Gasteiger partial charge in [0, 0.05) is 35.7 Å². The summed E-state index contributed by atoms with van der Waals surface area (Å²) in [5, 5.41) is 3.39. The van der Waals surface area contributed by atoms with E-state index in [0.717, 1.165) is 47.9 Å². The molecule has 0 radical (unpaired) electrons. The lowest BCUT2D eigenvalue weighted by molar-refractivity contribution is 0.151. The van der Waals surface area contributed by atoms with E-state index < -0.39 is 0 Å². The summed E-state index contributed by atoms with van der Waals surface area (Å²) in [7, 11) is 0. The van der Waals surface area contributed by atoms with Crippen molar-refractivity contribution >= 4 is 40.7 Å². The van der Waals surface area contributed by atoms with E-state index in [1.807, 2.05) is 30.5 Å². The first-order chi connectivity index (χ1) is 9.72. The fourth-order valence-corrected chi connectivity index (χ4v) is 2.85. The number of nitrogens with one attached hydrogen (secondary N) is 1. The summed E-state index contributed by atoms with van der Waals surface area (Å²) in [6.45, 7) is 6.10. The van der Waals surface area contributed by atoms with Gasteiger partial charge in [-0.05, 0) is 19.1 Å². The van der Waals surface area contributed by atoms with Crippen LogP contribution in [0.5, 0.6) is 0 Å². The number of nitrogens with zero attached hydrogens (tertiary/aromatic N) is 2. The molecule has 1 N–H and O–H groups in total. The maximum atomic E-state index is 5.88. The zero-order valence-electron chi connectivity index (χ0n) is 12.3. The van der Waals surface area contributed by atoms with Crippen LogP contribution in [0, 0.1) is 0 Å². The zero-order chi connectivity index (χ0) is 13.9. The zero-order valence-corrected chi connectivity index (χ0v) is 15.5. The molecule has 1 fully saturated rings. The average molecular weight is 409 g/mol. The molecule has 1 aliphatic heterocycles. The third kappa shape index (κ3) is 4.70. The molecule has 2 heterocycles. The van der Waals surface area contributed by atoms with Crippen molar-refractivity contribution < 1.29 is 4.42 Å². The number of hydrogen-bond donors (Lipinski definition) is 1. The van der Waals surface area contributed by atoms with Crippen molar-refractivity contribution in [3.8, 4) is 11.3 Å². The number of oxazole rings is 1. The first-order valence-corrected chi connectivity index (χ1v) is 7.67. The van der Waals surface area contributed by atoms with E-state index in [1.165, 1.54) is 0 Å². The molecule has 3 rings (SSSR count). The van der Waals surface area contributed by atoms with Crippen molar-refractivity contribution in [1.82, 2.24) is 15.2 Å². The van der Waals surface area contributed by atoms with Gasteiger partial charge in [0.2, 0.25) is 5.89 Å². The lowest BCUT2D eigenvalue weighted by atomic mass is 10.2. The summed E-state index contributed by atoms with van der Waals surface area (Å²) >= 11 is 3.48. The molecular formula is C15H20BrCl2N3O. The van der Waals surface area contributed by atoms with Gasteiger partial charge in [-0.25, -0.2) is 4.98 Å². The summed E-state index contributed by atoms with van der Waals surface area (Å²) in [6.07, 6.45) is 1.81. The molecule has 122 valence electrons. The van der Waals surface area contributed by atoms with Crippen molar-refractivity contribution in [2.24, 2.45) is 0 Å². The third-order valence-corrected chi connectivity index (χ3v) is 4.13. The van der Waals surface area contributed by atoms with Crippen LogP contribution in [0.3, 0.4) is 0 Å². The molecule has 0 unspecified atom stereocenters. The second-order valence-electron chi connectivity index (χ2n) is 5.15. The largest absolute Gasteiger partial charge is 0.439 e. The van der Waals surface area contributed by atoms with Gasteiger partial charge in [0.25, 0.3) is 0 Å². The lowest BCUT2D eigenvalue weighted by Crippen LogP contribution is -2.49. The van der Waals surface area contributed by atoms with Gasteiger partial charge >= 0.3 is 0 Å². The first-order valence-electron chi connectivity index (χ1n) is 6.88. The summed E-state index contributed by atoms with van der Waals surface area (Å²) in [5.41, 5.74) is 1.05. The van der Waals surface area contributed by atoms with Crippen molar-refractivity contribution in [3.05, 3.63) is 40.8 Å². The van der Waals surface area contributed by atoms with Crippen LogP contribution < -0.4 is 5.32 Å². The fourth-order valence-electron chi connectivity index (χ4n) is 2.45. The Morgan fingerprint density at radius 1 is 1.41 bits per heavy atom. The van der Waals surface area contributed by atoms with Gasteiger partial charge in [0.05, 0.1) is 12.7 Å². The Morgan fingerprint density at radius 3 is 2.95 bits per heavy atom. The minimum atomic E-state index is 0. The molecule has 22 heavy (non-hydrogen) atoms. The number of rotatable bonds is 3. The first kappa shape index (κ1) is 19.5. The second-order valence-corrected chi connectivity index (χ2v) is 6.07. The van der Waals surface area contributed by atoms with Crippen LogP contribution in [0.4, 0.5) is 0 Å². The molecule has 1 atom stereocenters. The Balaban J connectivity index is 0.00000121. The molecule has 1 aromatic carbocycles. The minimum Gasteiger partial charge on any atom is -0.439 e. The summed E-state index contributed by atoms with van der Waals surface area (Å²) < 4.78 is 6.93. The highest BCUT2D eigenvalue weighted by Gasteiger charge is 2.20. The predicted octanol–water partition coefficient (Wildman–Crippen LogP) is 3.74. The molecule has 7 heteroatoms. The number of halogens is 3. The average Bonchev–Trinajstić information content (AvgIpc) is 2.90. The topological polar surface area (TPSA) is 41.3 Å². The highest BCUT2D eigenvalue weighted by molar-refractivity contribution is 9.10. The lowest BCUT2D eigenvalue weighted by Gasteiger charge is -2.32. The molecule has 0 amide bonds. The number of hydrogen-bond acceptors (Lipinski definition) is 4. The minimum absolute atomic E-state index is 0. The van der Waals surface area contributed by atoms with E-state index in [9.17, 15) is 0 Å². The Labute approximate surface area is 151 Å². The van der Waals surface area contributed by atoms with Crippen molar-refractivity contribution in [2.45, 2.75) is 19.5 Å². The Morgan fingerprint density at radius 2 is 2.23 bits per heavy atom. The van der Waals surface area contributed by atoms with Gasteiger partial charge in [0.1, 0.15) is 0 Å². The van der Waals surface area contributed by atoms with Crippen molar-refractivity contribution in [2.75, 3.05) is 19.6 Å². The van der Waals surface area contributed by atoms with Gasteiger partial charge < -0.3 is 9.73 Å². The molecular weight excluding hydrogens is 389 g/mol. The summed E-state index contributed by atoms with van der Waals surface area (Å²) in [6, 6.07) is 8.59. The summed E-state index contributed by atoms with van der Waals surface area (Å²) in [4.78, 5) is 6.80. The highest BCUT2D eigenvalue weighted by atomic mass is 79.9. The normalized spacial score (nSPS) is 18.4. The van der Waals surface area contributed by atoms with E-state index in [2.05, 4.69) is 38.1 Å². The maximum absolute atomic E-state index is 5.88. The second kappa shape index (κ2) is 8.89. The summed E-state index contributed by atoms with van der Waals surface area (Å²) in [5.74, 6) is 1.61. The van der Waals surface area contributed by atoms with Crippen LogP contribution in [0.2, 0.25) is 0 Å². The number of aromatic nitrogens is 1. The molecule has 0 bridgehead atoms. The molecule has 1 aromatic heterocycles. The van der Waals surface area contributed by atoms with Gasteiger partial charge in [-0.15, -0.1) is 24.8 Å². The van der Waals surface area contributed by atoms with Gasteiger partial charge in [-0.1, -0.05) is 28.1 Å². The molecule has 4 nitrogen and oxygen atoms in total. The van der Waals surface area contributed by atoms with Crippen LogP contribution in [-0.2, 0) is 6.54 Å². The van der Waals surface area contributed by atoms with Crippen LogP contribution in [0.15, 0.2) is 39.4 Å². The number of piperazine rings is 1. The third-order valence-electron chi connectivity index (χ3n) is 3.64. The van der Waals surface area contributed by atoms with Crippen molar-refractivity contribution in [1.29, 1.82) is 0 Å². The van der Waals surface area contributed by atoms with Crippen LogP contribution in [0.1, 0.15) is 12.8 Å². The Hall–Kier alpha value is -0.590. The SMILES string of the molecule is C[C@H]1CNCCN1Cc1ncc(-c2cccc(Br)c2)o1.Cl.Cl. The highest BCUT2D eigenvalue weighted by Crippen LogP contribution is 2.24. The maximum Gasteiger partial charge on any atom is 0.209 e. The molecule has 0 saturated carbocycles. The van der Waals surface area contributed by atoms with Gasteiger partial charge in [-0.2, -0.15) is 0 Å². The molecule has 1 aliphatic rings. The van der Waals surface area contributed by atoms with Gasteiger partial charge in [0.15, 0.2) is 5.76 Å². The monoisotopic (exact) mass is 407 g/mol. The van der Waals surface area contributed by atoms with Crippen LogP contribution in [-0.4, -0.2) is 35.6 Å². The predicted molar refractivity (Wildman–Crippen MR) is 96.9 cm³/mol. The van der Waals surface area contributed by atoms with E-state index in [0.29, 0.717) is 6.04 Å². The molecule has 0 aliphatic carbocycles. The van der Waals surface area contributed by atoms with Crippen LogP contribution >= 0.6 is 40.7 Å². The van der Waals surface area contributed by atoms with E-state index in [1.54, 1.807) is 0 Å². The number of benzene rings is 1. The van der Waals surface area contributed by atoms with E-state index in [-0.39, 0.29) is 24.8 Å². The smallest absolute Gasteiger partial charge is 0.209 e. The fraction of sp³-hybridized carbons (Fsp3) is 0.400. The van der Waals surface area contributed by atoms with Crippen LogP contribution in [0.25, 0.3) is 11.3 Å². The van der Waals surface area contributed by atoms with Crippen molar-refractivity contribution in [3.63, 3.8) is 0 Å². The Bertz CT molecular complexity index is 594. The molecule has 2 aromatic rings. The van der Waals surface area contributed by atoms with E-state index >= 15 is 0 Å². The standard InChI is InChI=1S/C15H18BrN3O.2ClH/c1-11-8-17-5-6-19(11)10-15-18-9-14(20-15)12-3-2-4-13(16)7-12;;/h2-4,7,9,11,17H,5-6,8,10H2,1H3;2*1H/t11-;;/m0../s1. The van der Waals surface area contributed by atoms with Gasteiger partial charge in [-0.3, -0.25) is 4.90 Å². The molecule has 0 spiro atoms. The Kier molecular flexibility index (Phi) is 7.86.